The van der Waals surface area contributed by atoms with Crippen LogP contribution in [0.3, 0.4) is 0 Å². The summed E-state index contributed by atoms with van der Waals surface area (Å²) < 4.78 is 5.13. The van der Waals surface area contributed by atoms with Crippen molar-refractivity contribution in [2.75, 3.05) is 32.6 Å². The second-order valence-electron chi connectivity index (χ2n) is 6.45. The van der Waals surface area contributed by atoms with Crippen molar-refractivity contribution in [1.29, 1.82) is 0 Å². The Morgan fingerprint density at radius 2 is 2.29 bits per heavy atom. The smallest absolute Gasteiger partial charge is 0.161 e. The predicted octanol–water partition coefficient (Wildman–Crippen LogP) is 1.88. The van der Waals surface area contributed by atoms with Crippen molar-refractivity contribution in [3.63, 3.8) is 0 Å². The fourth-order valence-corrected chi connectivity index (χ4v) is 4.23. The summed E-state index contributed by atoms with van der Waals surface area (Å²) in [6.45, 7) is 1.90. The minimum Gasteiger partial charge on any atom is -0.384 e. The molecule has 0 amide bonds. The second kappa shape index (κ2) is 4.83. The number of aliphatic hydroxyl groups excluding tert-OH is 1. The monoisotopic (exact) mass is 286 g/mol. The van der Waals surface area contributed by atoms with Crippen LogP contribution in [0, 0.1) is 5.92 Å². The number of anilines is 1. The number of ether oxygens (including phenoxy) is 1. The molecule has 2 aliphatic heterocycles. The highest BCUT2D eigenvalue weighted by Crippen LogP contribution is 2.48. The number of rotatable bonds is 2. The number of methoxy groups -OCH3 is 1. The van der Waals surface area contributed by atoms with E-state index in [9.17, 15) is 5.11 Å². The number of hydrogen-bond acceptors (Lipinski definition) is 4. The van der Waals surface area contributed by atoms with Crippen molar-refractivity contribution in [2.45, 2.75) is 24.7 Å². The molecule has 21 heavy (non-hydrogen) atoms. The standard InChI is InChI=1S/C17H22N2O2/c1-19-9-11(17(20)21-2)6-13-12-4-3-5-14-16(12)10(8-18-14)7-15(13)19/h3-6,10-11,15,17-18,20H,7-9H2,1-2H3/t10?,11-,15-,17?/m1/s1. The number of benzene rings is 1. The van der Waals surface area contributed by atoms with E-state index in [1.54, 1.807) is 7.11 Å². The first-order chi connectivity index (χ1) is 10.2. The van der Waals surface area contributed by atoms with Gasteiger partial charge < -0.3 is 15.2 Å². The Labute approximate surface area is 125 Å². The average molecular weight is 286 g/mol. The quantitative estimate of drug-likeness (QED) is 0.815. The molecule has 1 aromatic carbocycles. The van der Waals surface area contributed by atoms with Gasteiger partial charge in [-0.2, -0.15) is 0 Å². The first-order valence-corrected chi connectivity index (χ1v) is 7.69. The van der Waals surface area contributed by atoms with Crippen molar-refractivity contribution in [3.8, 4) is 0 Å². The zero-order valence-electron chi connectivity index (χ0n) is 12.5. The molecule has 0 saturated carbocycles. The van der Waals surface area contributed by atoms with Crippen LogP contribution in [0.2, 0.25) is 0 Å². The van der Waals surface area contributed by atoms with E-state index in [1.807, 2.05) is 0 Å². The number of likely N-dealkylation sites (N-methyl/N-ethyl adjacent to an activating group) is 1. The van der Waals surface area contributed by atoms with Gasteiger partial charge in [0, 0.05) is 43.8 Å². The molecule has 0 aromatic heterocycles. The van der Waals surface area contributed by atoms with Gasteiger partial charge in [-0.25, -0.2) is 0 Å². The highest BCUT2D eigenvalue weighted by molar-refractivity contribution is 5.81. The third-order valence-electron chi connectivity index (χ3n) is 5.26. The van der Waals surface area contributed by atoms with Gasteiger partial charge >= 0.3 is 0 Å². The average Bonchev–Trinajstić information content (AvgIpc) is 2.92. The van der Waals surface area contributed by atoms with E-state index in [1.165, 1.54) is 22.4 Å². The van der Waals surface area contributed by atoms with Crippen molar-refractivity contribution in [3.05, 3.63) is 35.4 Å². The molecule has 2 unspecified atom stereocenters. The van der Waals surface area contributed by atoms with Crippen LogP contribution < -0.4 is 5.32 Å². The van der Waals surface area contributed by atoms with Crippen molar-refractivity contribution >= 4 is 11.3 Å². The highest BCUT2D eigenvalue weighted by Gasteiger charge is 2.40. The molecule has 0 spiro atoms. The molecule has 4 nitrogen and oxygen atoms in total. The third kappa shape index (κ3) is 1.94. The lowest BCUT2D eigenvalue weighted by Gasteiger charge is -2.42. The Balaban J connectivity index is 1.82. The van der Waals surface area contributed by atoms with Gasteiger partial charge in [0.25, 0.3) is 0 Å². The maximum Gasteiger partial charge on any atom is 0.161 e. The fourth-order valence-electron chi connectivity index (χ4n) is 4.23. The molecule has 3 aliphatic rings. The summed E-state index contributed by atoms with van der Waals surface area (Å²) in [6.07, 6.45) is 2.67. The van der Waals surface area contributed by atoms with E-state index in [0.717, 1.165) is 19.5 Å². The number of nitrogens with one attached hydrogen (secondary N) is 1. The van der Waals surface area contributed by atoms with Gasteiger partial charge in [0.05, 0.1) is 0 Å². The molecule has 1 aromatic rings. The van der Waals surface area contributed by atoms with E-state index in [0.29, 0.717) is 12.0 Å². The molecule has 2 heterocycles. The summed E-state index contributed by atoms with van der Waals surface area (Å²) in [5, 5.41) is 13.6. The molecule has 0 bridgehead atoms. The molecule has 1 aliphatic carbocycles. The van der Waals surface area contributed by atoms with Crippen LogP contribution in [0.25, 0.3) is 5.57 Å². The van der Waals surface area contributed by atoms with Crippen LogP contribution >= 0.6 is 0 Å². The van der Waals surface area contributed by atoms with E-state index in [4.69, 9.17) is 4.74 Å². The SMILES string of the molecule is COC(O)[C@@H]1C=C2c3cccc4c3C(CN4)C[C@H]2N(C)C1. The first-order valence-electron chi connectivity index (χ1n) is 7.69. The maximum absolute atomic E-state index is 10.1. The molecule has 2 N–H and O–H groups in total. The largest absolute Gasteiger partial charge is 0.384 e. The lowest BCUT2D eigenvalue weighted by molar-refractivity contribution is -0.107. The maximum atomic E-state index is 10.1. The lowest BCUT2D eigenvalue weighted by Crippen LogP contribution is -2.45. The number of fused-ring (bicyclic) bond motifs is 2. The molecular formula is C17H22N2O2. The molecule has 4 atom stereocenters. The third-order valence-corrected chi connectivity index (χ3v) is 5.26. The second-order valence-corrected chi connectivity index (χ2v) is 6.45. The summed E-state index contributed by atoms with van der Waals surface area (Å²) in [7, 11) is 3.72. The van der Waals surface area contributed by atoms with Gasteiger partial charge in [0.1, 0.15) is 0 Å². The van der Waals surface area contributed by atoms with Crippen LogP contribution in [0.5, 0.6) is 0 Å². The van der Waals surface area contributed by atoms with E-state index >= 15 is 0 Å². The Morgan fingerprint density at radius 1 is 1.43 bits per heavy atom. The molecule has 0 radical (unpaired) electrons. The number of hydrogen-bond donors (Lipinski definition) is 2. The summed E-state index contributed by atoms with van der Waals surface area (Å²) in [5.74, 6) is 0.651. The predicted molar refractivity (Wildman–Crippen MR) is 83.2 cm³/mol. The molecule has 4 heteroatoms. The summed E-state index contributed by atoms with van der Waals surface area (Å²) in [4.78, 5) is 2.37. The Bertz CT molecular complexity index is 598. The molecular weight excluding hydrogens is 264 g/mol. The van der Waals surface area contributed by atoms with E-state index in [2.05, 4.69) is 41.5 Å². The normalized spacial score (nSPS) is 32.0. The minimum atomic E-state index is -0.728. The molecule has 112 valence electrons. The van der Waals surface area contributed by atoms with Gasteiger partial charge in [-0.15, -0.1) is 0 Å². The van der Waals surface area contributed by atoms with Crippen LogP contribution in [0.4, 0.5) is 5.69 Å². The first kappa shape index (κ1) is 13.3. The van der Waals surface area contributed by atoms with Gasteiger partial charge in [-0.3, -0.25) is 4.90 Å². The Hall–Kier alpha value is -1.36. The molecule has 0 saturated heterocycles. The van der Waals surface area contributed by atoms with Crippen molar-refractivity contribution in [1.82, 2.24) is 4.90 Å². The molecule has 4 rings (SSSR count). The summed E-state index contributed by atoms with van der Waals surface area (Å²) >= 11 is 0. The topological polar surface area (TPSA) is 44.7 Å². The van der Waals surface area contributed by atoms with Gasteiger partial charge in [-0.1, -0.05) is 18.2 Å². The van der Waals surface area contributed by atoms with Gasteiger partial charge in [-0.05, 0) is 36.2 Å². The van der Waals surface area contributed by atoms with Crippen LogP contribution in [0.1, 0.15) is 23.5 Å². The number of nitrogens with zero attached hydrogens (tertiary/aromatic N) is 1. The Morgan fingerprint density at radius 3 is 3.10 bits per heavy atom. The molecule has 0 fully saturated rings. The lowest BCUT2D eigenvalue weighted by atomic mass is 9.74. The minimum absolute atomic E-state index is 0.0352. The van der Waals surface area contributed by atoms with Crippen molar-refractivity contribution in [2.24, 2.45) is 5.92 Å². The van der Waals surface area contributed by atoms with Crippen molar-refractivity contribution < 1.29 is 9.84 Å². The van der Waals surface area contributed by atoms with Crippen LogP contribution in [0.15, 0.2) is 24.3 Å². The van der Waals surface area contributed by atoms with Crippen LogP contribution in [-0.2, 0) is 4.74 Å². The number of aliphatic hydroxyl groups is 1. The summed E-state index contributed by atoms with van der Waals surface area (Å²) in [5.41, 5.74) is 5.48. The highest BCUT2D eigenvalue weighted by atomic mass is 16.6. The summed E-state index contributed by atoms with van der Waals surface area (Å²) in [6, 6.07) is 6.99. The Kier molecular flexibility index (Phi) is 3.06. The van der Waals surface area contributed by atoms with Crippen LogP contribution in [-0.4, -0.2) is 49.6 Å². The van der Waals surface area contributed by atoms with E-state index in [-0.39, 0.29) is 5.92 Å². The fraction of sp³-hybridized carbons (Fsp3) is 0.529. The zero-order valence-corrected chi connectivity index (χ0v) is 12.5. The van der Waals surface area contributed by atoms with E-state index < -0.39 is 6.29 Å². The zero-order chi connectivity index (χ0) is 14.6. The van der Waals surface area contributed by atoms with Gasteiger partial charge in [0.15, 0.2) is 6.29 Å². The van der Waals surface area contributed by atoms with Gasteiger partial charge in [0.2, 0.25) is 0 Å².